The molecule has 0 saturated carbocycles. The van der Waals surface area contributed by atoms with Gasteiger partial charge in [-0.2, -0.15) is 13.2 Å². The molecule has 0 amide bonds. The molecular weight excluding hydrogens is 323 g/mol. The van der Waals surface area contributed by atoms with Crippen molar-refractivity contribution in [1.82, 2.24) is 24.9 Å². The summed E-state index contributed by atoms with van der Waals surface area (Å²) in [5, 5.41) is 0. The Morgan fingerprint density at radius 3 is 2.83 bits per heavy atom. The zero-order valence-electron chi connectivity index (χ0n) is 12.3. The number of alkyl halides is 3. The van der Waals surface area contributed by atoms with Gasteiger partial charge < -0.3 is 9.72 Å². The van der Waals surface area contributed by atoms with Gasteiger partial charge in [0, 0.05) is 30.5 Å². The van der Waals surface area contributed by atoms with Crippen molar-refractivity contribution in [2.45, 2.75) is 18.5 Å². The third kappa shape index (κ3) is 2.60. The summed E-state index contributed by atoms with van der Waals surface area (Å²) in [5.74, 6) is 0.763. The fraction of sp³-hybridized carbons (Fsp3) is 0.333. The highest BCUT2D eigenvalue weighted by Crippen LogP contribution is 2.35. The van der Waals surface area contributed by atoms with Gasteiger partial charge in [-0.3, -0.25) is 4.98 Å². The molecule has 1 atom stereocenters. The van der Waals surface area contributed by atoms with Crippen molar-refractivity contribution >= 4 is 11.2 Å². The Kier molecular flexibility index (Phi) is 3.45. The van der Waals surface area contributed by atoms with Crippen LogP contribution in [0.2, 0.25) is 0 Å². The summed E-state index contributed by atoms with van der Waals surface area (Å²) < 4.78 is 44.7. The van der Waals surface area contributed by atoms with Gasteiger partial charge in [-0.25, -0.2) is 15.0 Å². The molecule has 1 saturated heterocycles. The smallest absolute Gasteiger partial charge is 0.381 e. The summed E-state index contributed by atoms with van der Waals surface area (Å²) >= 11 is 0. The van der Waals surface area contributed by atoms with Crippen molar-refractivity contribution < 1.29 is 17.9 Å². The maximum absolute atomic E-state index is 13.1. The number of halogens is 3. The van der Waals surface area contributed by atoms with Crippen molar-refractivity contribution in [2.24, 2.45) is 0 Å². The largest absolute Gasteiger partial charge is 0.417 e. The van der Waals surface area contributed by atoms with Gasteiger partial charge in [0.2, 0.25) is 0 Å². The maximum atomic E-state index is 13.1. The molecule has 9 heteroatoms. The molecule has 0 unspecified atom stereocenters. The van der Waals surface area contributed by atoms with E-state index in [0.717, 1.165) is 24.9 Å². The number of hydrogen-bond acceptors (Lipinski definition) is 5. The number of ether oxygens (including phenoxy) is 1. The van der Waals surface area contributed by atoms with E-state index in [0.29, 0.717) is 30.2 Å². The standard InChI is InChI=1S/C15H12F3N5O/c16-15(17,18)10-1-3-19-5-9(10)13-21-11-6-20-12(22-14(11)23-13)8-2-4-24-7-8/h1,3,5-6,8H,2,4,7H2,(H,20,21,22,23)/t8-/m0/s1. The van der Waals surface area contributed by atoms with E-state index < -0.39 is 11.7 Å². The molecular formula is C15H12F3N5O. The second-order valence-corrected chi connectivity index (χ2v) is 5.53. The Labute approximate surface area is 134 Å². The number of aromatic amines is 1. The van der Waals surface area contributed by atoms with Crippen LogP contribution in [0, 0.1) is 0 Å². The number of fused-ring (bicyclic) bond motifs is 1. The van der Waals surface area contributed by atoms with Gasteiger partial charge in [0.25, 0.3) is 0 Å². The first-order valence-corrected chi connectivity index (χ1v) is 7.34. The molecule has 24 heavy (non-hydrogen) atoms. The van der Waals surface area contributed by atoms with Crippen molar-refractivity contribution in [1.29, 1.82) is 0 Å². The minimum absolute atomic E-state index is 0.0690. The Hall–Kier alpha value is -2.55. The van der Waals surface area contributed by atoms with E-state index in [4.69, 9.17) is 4.74 Å². The number of pyridine rings is 1. The summed E-state index contributed by atoms with van der Waals surface area (Å²) in [6, 6.07) is 0.926. The first-order chi connectivity index (χ1) is 11.5. The van der Waals surface area contributed by atoms with Gasteiger partial charge in [0.1, 0.15) is 17.2 Å². The van der Waals surface area contributed by atoms with Crippen LogP contribution in [0.25, 0.3) is 22.6 Å². The predicted octanol–water partition coefficient (Wildman–Crippen LogP) is 2.94. The summed E-state index contributed by atoms with van der Waals surface area (Å²) in [4.78, 5) is 19.4. The van der Waals surface area contributed by atoms with Crippen LogP contribution in [-0.4, -0.2) is 38.1 Å². The van der Waals surface area contributed by atoms with E-state index in [1.807, 2.05) is 0 Å². The highest BCUT2D eigenvalue weighted by atomic mass is 19.4. The number of H-pyrrole nitrogens is 1. The van der Waals surface area contributed by atoms with E-state index >= 15 is 0 Å². The molecule has 1 fully saturated rings. The van der Waals surface area contributed by atoms with Gasteiger partial charge in [0.05, 0.1) is 18.4 Å². The van der Waals surface area contributed by atoms with E-state index in [9.17, 15) is 13.2 Å². The van der Waals surface area contributed by atoms with E-state index in [-0.39, 0.29) is 17.3 Å². The van der Waals surface area contributed by atoms with Crippen LogP contribution in [0.15, 0.2) is 24.7 Å². The first kappa shape index (κ1) is 15.0. The highest BCUT2D eigenvalue weighted by molar-refractivity contribution is 5.76. The predicted molar refractivity (Wildman–Crippen MR) is 78.1 cm³/mol. The fourth-order valence-corrected chi connectivity index (χ4v) is 2.71. The average Bonchev–Trinajstić information content (AvgIpc) is 3.22. The monoisotopic (exact) mass is 335 g/mol. The Balaban J connectivity index is 1.79. The van der Waals surface area contributed by atoms with Crippen molar-refractivity contribution in [3.63, 3.8) is 0 Å². The van der Waals surface area contributed by atoms with Crippen LogP contribution in [0.5, 0.6) is 0 Å². The molecule has 1 aliphatic heterocycles. The van der Waals surface area contributed by atoms with Crippen LogP contribution in [0.1, 0.15) is 23.7 Å². The second-order valence-electron chi connectivity index (χ2n) is 5.53. The zero-order chi connectivity index (χ0) is 16.7. The SMILES string of the molecule is FC(F)(F)c1ccncc1-c1nc2nc([C@H]3CCOC3)ncc2[nH]1. The zero-order valence-corrected chi connectivity index (χ0v) is 12.3. The molecule has 1 aliphatic rings. The topological polar surface area (TPSA) is 76.6 Å². The number of rotatable bonds is 2. The van der Waals surface area contributed by atoms with Gasteiger partial charge in [-0.1, -0.05) is 0 Å². The average molecular weight is 335 g/mol. The third-order valence-electron chi connectivity index (χ3n) is 3.93. The number of imidazole rings is 1. The molecule has 1 N–H and O–H groups in total. The van der Waals surface area contributed by atoms with Crippen molar-refractivity contribution in [3.8, 4) is 11.4 Å². The highest BCUT2D eigenvalue weighted by Gasteiger charge is 2.34. The molecule has 124 valence electrons. The van der Waals surface area contributed by atoms with E-state index in [2.05, 4.69) is 24.9 Å². The van der Waals surface area contributed by atoms with Crippen LogP contribution in [-0.2, 0) is 10.9 Å². The summed E-state index contributed by atoms with van der Waals surface area (Å²) in [6.07, 6.45) is 0.113. The van der Waals surface area contributed by atoms with Gasteiger partial charge >= 0.3 is 6.18 Å². The Morgan fingerprint density at radius 1 is 1.21 bits per heavy atom. The number of hydrogen-bond donors (Lipinski definition) is 1. The van der Waals surface area contributed by atoms with Crippen molar-refractivity contribution in [2.75, 3.05) is 13.2 Å². The summed E-state index contributed by atoms with van der Waals surface area (Å²) in [6.45, 7) is 1.20. The van der Waals surface area contributed by atoms with Crippen LogP contribution in [0.4, 0.5) is 13.2 Å². The quantitative estimate of drug-likeness (QED) is 0.779. The molecule has 0 aliphatic carbocycles. The first-order valence-electron chi connectivity index (χ1n) is 7.34. The molecule has 0 radical (unpaired) electrons. The molecule has 0 bridgehead atoms. The van der Waals surface area contributed by atoms with Crippen molar-refractivity contribution in [3.05, 3.63) is 36.0 Å². The molecule has 0 aromatic carbocycles. The maximum Gasteiger partial charge on any atom is 0.417 e. The summed E-state index contributed by atoms with van der Waals surface area (Å²) in [7, 11) is 0. The number of nitrogens with zero attached hydrogens (tertiary/aromatic N) is 4. The van der Waals surface area contributed by atoms with Gasteiger partial charge in [0.15, 0.2) is 5.65 Å². The minimum atomic E-state index is -4.49. The number of aromatic nitrogens is 5. The molecule has 4 rings (SSSR count). The lowest BCUT2D eigenvalue weighted by Gasteiger charge is -2.09. The van der Waals surface area contributed by atoms with E-state index in [1.54, 1.807) is 0 Å². The normalized spacial score (nSPS) is 18.4. The Morgan fingerprint density at radius 2 is 2.08 bits per heavy atom. The lowest BCUT2D eigenvalue weighted by molar-refractivity contribution is -0.137. The lowest BCUT2D eigenvalue weighted by Crippen LogP contribution is -2.07. The molecule has 0 spiro atoms. The fourth-order valence-electron chi connectivity index (χ4n) is 2.71. The lowest BCUT2D eigenvalue weighted by atomic mass is 10.1. The van der Waals surface area contributed by atoms with E-state index in [1.165, 1.54) is 6.20 Å². The van der Waals surface area contributed by atoms with Gasteiger partial charge in [-0.15, -0.1) is 0 Å². The molecule has 3 aromatic heterocycles. The van der Waals surface area contributed by atoms with Crippen LogP contribution in [0.3, 0.4) is 0 Å². The second kappa shape index (κ2) is 5.52. The third-order valence-corrected chi connectivity index (χ3v) is 3.93. The minimum Gasteiger partial charge on any atom is -0.381 e. The van der Waals surface area contributed by atoms with Gasteiger partial charge in [-0.05, 0) is 12.5 Å². The number of nitrogens with one attached hydrogen (secondary N) is 1. The molecule has 3 aromatic rings. The van der Waals surface area contributed by atoms with Crippen LogP contribution < -0.4 is 0 Å². The Bertz CT molecular complexity index is 886. The molecule has 4 heterocycles. The summed E-state index contributed by atoms with van der Waals surface area (Å²) in [5.41, 5.74) is -0.105. The molecule has 6 nitrogen and oxygen atoms in total. The van der Waals surface area contributed by atoms with Crippen LogP contribution >= 0.6 is 0 Å².